The van der Waals surface area contributed by atoms with Gasteiger partial charge < -0.3 is 15.0 Å². The molecule has 0 aromatic carbocycles. The van der Waals surface area contributed by atoms with Gasteiger partial charge in [-0.2, -0.15) is 0 Å². The van der Waals surface area contributed by atoms with Gasteiger partial charge in [0.15, 0.2) is 0 Å². The lowest BCUT2D eigenvalue weighted by atomic mass is 10.2. The lowest BCUT2D eigenvalue weighted by Crippen LogP contribution is -2.40. The highest BCUT2D eigenvalue weighted by Gasteiger charge is 2.21. The highest BCUT2D eigenvalue weighted by atomic mass is 16.6. The van der Waals surface area contributed by atoms with Crippen LogP contribution in [0.25, 0.3) is 0 Å². The Balaban J connectivity index is 2.37. The van der Waals surface area contributed by atoms with Crippen molar-refractivity contribution in [2.45, 2.75) is 46.3 Å². The van der Waals surface area contributed by atoms with Crippen molar-refractivity contribution in [3.63, 3.8) is 0 Å². The summed E-state index contributed by atoms with van der Waals surface area (Å²) in [4.78, 5) is 13.8. The number of hydrogen-bond acceptors (Lipinski definition) is 5. The van der Waals surface area contributed by atoms with Crippen molar-refractivity contribution in [1.82, 2.24) is 25.2 Å². The number of carbonyl (C=O) groups is 1. The van der Waals surface area contributed by atoms with E-state index in [1.54, 1.807) is 15.8 Å². The van der Waals surface area contributed by atoms with Crippen LogP contribution in [0, 0.1) is 0 Å². The Kier molecular flexibility index (Phi) is 6.61. The Morgan fingerprint density at radius 2 is 2.14 bits per heavy atom. The van der Waals surface area contributed by atoms with Crippen LogP contribution >= 0.6 is 0 Å². The Bertz CT molecular complexity index is 439. The first-order valence-electron chi connectivity index (χ1n) is 7.35. The SMILES string of the molecule is CCCN(CCNCc1cnnn1C)C(=O)OC(C)(C)C. The van der Waals surface area contributed by atoms with Crippen molar-refractivity contribution >= 4 is 6.09 Å². The first kappa shape index (κ1) is 17.4. The van der Waals surface area contributed by atoms with Crippen LogP contribution in [0.2, 0.25) is 0 Å². The van der Waals surface area contributed by atoms with Gasteiger partial charge in [0.25, 0.3) is 0 Å². The molecular weight excluding hydrogens is 270 g/mol. The van der Waals surface area contributed by atoms with E-state index in [9.17, 15) is 4.79 Å². The summed E-state index contributed by atoms with van der Waals surface area (Å²) in [6.07, 6.45) is 2.38. The van der Waals surface area contributed by atoms with E-state index in [0.717, 1.165) is 12.1 Å². The molecule has 21 heavy (non-hydrogen) atoms. The molecule has 1 N–H and O–H groups in total. The van der Waals surface area contributed by atoms with Gasteiger partial charge in [0.05, 0.1) is 11.9 Å². The van der Waals surface area contributed by atoms with Crippen molar-refractivity contribution in [1.29, 1.82) is 0 Å². The van der Waals surface area contributed by atoms with Crippen molar-refractivity contribution < 1.29 is 9.53 Å². The number of amides is 1. The van der Waals surface area contributed by atoms with E-state index in [1.165, 1.54) is 0 Å². The Labute approximate surface area is 126 Å². The molecule has 0 aliphatic rings. The van der Waals surface area contributed by atoms with E-state index in [1.807, 2.05) is 34.7 Å². The second kappa shape index (κ2) is 7.97. The van der Waals surface area contributed by atoms with Gasteiger partial charge in [-0.15, -0.1) is 5.10 Å². The van der Waals surface area contributed by atoms with Crippen LogP contribution in [0.5, 0.6) is 0 Å². The average molecular weight is 297 g/mol. The molecule has 0 atom stereocenters. The van der Waals surface area contributed by atoms with Crippen molar-refractivity contribution in [3.8, 4) is 0 Å². The number of nitrogens with zero attached hydrogens (tertiary/aromatic N) is 4. The highest BCUT2D eigenvalue weighted by molar-refractivity contribution is 5.68. The first-order chi connectivity index (χ1) is 9.83. The van der Waals surface area contributed by atoms with Gasteiger partial charge in [-0.1, -0.05) is 12.1 Å². The molecule has 0 fully saturated rings. The van der Waals surface area contributed by atoms with Crippen LogP contribution in [0.15, 0.2) is 6.20 Å². The van der Waals surface area contributed by atoms with E-state index in [2.05, 4.69) is 15.6 Å². The van der Waals surface area contributed by atoms with E-state index in [0.29, 0.717) is 26.2 Å². The van der Waals surface area contributed by atoms with Crippen LogP contribution in [0.3, 0.4) is 0 Å². The number of hydrogen-bond donors (Lipinski definition) is 1. The topological polar surface area (TPSA) is 72.3 Å². The number of nitrogens with one attached hydrogen (secondary N) is 1. The Hall–Kier alpha value is -1.63. The number of carbonyl (C=O) groups excluding carboxylic acids is 1. The summed E-state index contributed by atoms with van der Waals surface area (Å²) in [5, 5.41) is 11.0. The molecule has 1 aromatic heterocycles. The van der Waals surface area contributed by atoms with Crippen molar-refractivity contribution in [2.75, 3.05) is 19.6 Å². The summed E-state index contributed by atoms with van der Waals surface area (Å²) in [6, 6.07) is 0. The lowest BCUT2D eigenvalue weighted by molar-refractivity contribution is 0.0252. The standard InChI is InChI=1S/C14H27N5O2/c1-6-8-19(13(20)21-14(2,3)4)9-7-15-10-12-11-16-17-18(12)5/h11,15H,6-10H2,1-5H3. The molecule has 1 rings (SSSR count). The molecule has 0 radical (unpaired) electrons. The van der Waals surface area contributed by atoms with Gasteiger partial charge in [0, 0.05) is 33.2 Å². The summed E-state index contributed by atoms with van der Waals surface area (Å²) in [5.41, 5.74) is 0.547. The second-order valence-corrected chi connectivity index (χ2v) is 5.99. The third-order valence-corrected chi connectivity index (χ3v) is 2.82. The van der Waals surface area contributed by atoms with E-state index < -0.39 is 5.60 Å². The monoisotopic (exact) mass is 297 g/mol. The zero-order valence-electron chi connectivity index (χ0n) is 13.7. The van der Waals surface area contributed by atoms with Crippen molar-refractivity contribution in [3.05, 3.63) is 11.9 Å². The fraction of sp³-hybridized carbons (Fsp3) is 0.786. The molecule has 0 bridgehead atoms. The largest absolute Gasteiger partial charge is 0.444 e. The Morgan fingerprint density at radius 3 is 2.67 bits per heavy atom. The molecule has 0 aliphatic heterocycles. The molecule has 1 amide bonds. The lowest BCUT2D eigenvalue weighted by Gasteiger charge is -2.27. The third kappa shape index (κ3) is 6.57. The maximum Gasteiger partial charge on any atom is 0.410 e. The average Bonchev–Trinajstić information content (AvgIpc) is 2.76. The zero-order valence-corrected chi connectivity index (χ0v) is 13.7. The molecule has 120 valence electrons. The van der Waals surface area contributed by atoms with E-state index >= 15 is 0 Å². The fourth-order valence-electron chi connectivity index (χ4n) is 1.79. The molecule has 1 heterocycles. The van der Waals surface area contributed by atoms with E-state index in [4.69, 9.17) is 4.74 Å². The molecule has 0 spiro atoms. The molecule has 0 saturated heterocycles. The predicted molar refractivity (Wildman–Crippen MR) is 80.8 cm³/mol. The summed E-state index contributed by atoms with van der Waals surface area (Å²) < 4.78 is 7.14. The minimum atomic E-state index is -0.461. The number of ether oxygens (including phenoxy) is 1. The second-order valence-electron chi connectivity index (χ2n) is 5.99. The minimum Gasteiger partial charge on any atom is -0.444 e. The fourth-order valence-corrected chi connectivity index (χ4v) is 1.79. The van der Waals surface area contributed by atoms with E-state index in [-0.39, 0.29) is 6.09 Å². The molecule has 0 aliphatic carbocycles. The van der Waals surface area contributed by atoms with Crippen molar-refractivity contribution in [2.24, 2.45) is 7.05 Å². The minimum absolute atomic E-state index is 0.256. The highest BCUT2D eigenvalue weighted by Crippen LogP contribution is 2.10. The number of rotatable bonds is 7. The van der Waals surface area contributed by atoms with Gasteiger partial charge in [0.2, 0.25) is 0 Å². The van der Waals surface area contributed by atoms with Gasteiger partial charge in [-0.3, -0.25) is 4.68 Å². The molecular formula is C14H27N5O2. The summed E-state index contributed by atoms with van der Waals surface area (Å²) in [6.45, 7) is 10.4. The summed E-state index contributed by atoms with van der Waals surface area (Å²) >= 11 is 0. The zero-order chi connectivity index (χ0) is 15.9. The normalized spacial score (nSPS) is 11.5. The molecule has 0 unspecified atom stereocenters. The maximum atomic E-state index is 12.1. The molecule has 0 saturated carbocycles. The quantitative estimate of drug-likeness (QED) is 0.773. The summed E-state index contributed by atoms with van der Waals surface area (Å²) in [5.74, 6) is 0. The van der Waals surface area contributed by atoms with Crippen LogP contribution in [-0.4, -0.2) is 51.2 Å². The molecule has 7 nitrogen and oxygen atoms in total. The predicted octanol–water partition coefficient (Wildman–Crippen LogP) is 1.55. The van der Waals surface area contributed by atoms with Gasteiger partial charge in [-0.25, -0.2) is 4.79 Å². The van der Waals surface area contributed by atoms with Gasteiger partial charge >= 0.3 is 6.09 Å². The van der Waals surface area contributed by atoms with Gasteiger partial charge in [0.1, 0.15) is 5.60 Å². The van der Waals surface area contributed by atoms with Crippen LogP contribution in [-0.2, 0) is 18.3 Å². The molecule has 1 aromatic rings. The van der Waals surface area contributed by atoms with Crippen LogP contribution in [0.4, 0.5) is 4.79 Å². The molecule has 7 heteroatoms. The van der Waals surface area contributed by atoms with Crippen LogP contribution < -0.4 is 5.32 Å². The first-order valence-corrected chi connectivity index (χ1v) is 7.35. The third-order valence-electron chi connectivity index (χ3n) is 2.82. The van der Waals surface area contributed by atoms with Gasteiger partial charge in [-0.05, 0) is 27.2 Å². The smallest absolute Gasteiger partial charge is 0.410 e. The Morgan fingerprint density at radius 1 is 1.43 bits per heavy atom. The number of aromatic nitrogens is 3. The maximum absolute atomic E-state index is 12.1. The van der Waals surface area contributed by atoms with Crippen LogP contribution in [0.1, 0.15) is 39.8 Å². The number of aryl methyl sites for hydroxylation is 1. The summed E-state index contributed by atoms with van der Waals surface area (Å²) in [7, 11) is 1.86.